The van der Waals surface area contributed by atoms with E-state index in [2.05, 4.69) is 5.32 Å². The maximum atomic E-state index is 13.1. The van der Waals surface area contributed by atoms with E-state index >= 15 is 0 Å². The summed E-state index contributed by atoms with van der Waals surface area (Å²) in [4.78, 5) is 14.8. The fourth-order valence-electron chi connectivity index (χ4n) is 2.91. The average molecular weight is 320 g/mol. The van der Waals surface area contributed by atoms with E-state index in [1.807, 2.05) is 60.7 Å². The molecule has 1 aliphatic rings. The Kier molecular flexibility index (Phi) is 3.46. The molecule has 0 spiro atoms. The molecule has 0 saturated heterocycles. The second-order valence-corrected chi connectivity index (χ2v) is 5.48. The molecule has 0 saturated carbocycles. The summed E-state index contributed by atoms with van der Waals surface area (Å²) >= 11 is 0. The number of carbonyl (C=O) groups excluding carboxylic acids is 1. The molecule has 0 radical (unpaired) electrons. The molecule has 4 rings (SSSR count). The molecule has 120 valence electrons. The lowest BCUT2D eigenvalue weighted by Crippen LogP contribution is -2.43. The van der Waals surface area contributed by atoms with E-state index in [-0.39, 0.29) is 5.91 Å². The first-order valence-corrected chi connectivity index (χ1v) is 7.64. The smallest absolute Gasteiger partial charge is 0.262 e. The van der Waals surface area contributed by atoms with Crippen molar-refractivity contribution in [3.05, 3.63) is 78.3 Å². The molecule has 2 heterocycles. The van der Waals surface area contributed by atoms with Crippen LogP contribution in [0.5, 0.6) is 5.75 Å². The van der Waals surface area contributed by atoms with Gasteiger partial charge in [-0.2, -0.15) is 0 Å². The monoisotopic (exact) mass is 320 g/mol. The molecule has 1 aliphatic heterocycles. The lowest BCUT2D eigenvalue weighted by Gasteiger charge is -2.36. The highest BCUT2D eigenvalue weighted by Crippen LogP contribution is 2.37. The van der Waals surface area contributed by atoms with Gasteiger partial charge < -0.3 is 14.5 Å². The minimum Gasteiger partial charge on any atom is -0.497 e. The Morgan fingerprint density at radius 1 is 1.04 bits per heavy atom. The number of nitrogens with zero attached hydrogens (tertiary/aromatic N) is 1. The summed E-state index contributed by atoms with van der Waals surface area (Å²) in [7, 11) is 1.62. The number of amides is 1. The Morgan fingerprint density at radius 3 is 2.54 bits per heavy atom. The summed E-state index contributed by atoms with van der Waals surface area (Å²) < 4.78 is 10.8. The molecule has 5 nitrogen and oxygen atoms in total. The molecule has 5 heteroatoms. The van der Waals surface area contributed by atoms with Gasteiger partial charge >= 0.3 is 0 Å². The van der Waals surface area contributed by atoms with Crippen molar-refractivity contribution < 1.29 is 13.9 Å². The van der Waals surface area contributed by atoms with Gasteiger partial charge in [0.1, 0.15) is 11.5 Å². The van der Waals surface area contributed by atoms with Crippen LogP contribution in [0.2, 0.25) is 0 Å². The number of ether oxygens (including phenoxy) is 1. The number of nitrogens with one attached hydrogen (secondary N) is 1. The molecule has 2 aromatic carbocycles. The van der Waals surface area contributed by atoms with Crippen molar-refractivity contribution in [1.82, 2.24) is 0 Å². The van der Waals surface area contributed by atoms with E-state index in [0.717, 1.165) is 17.1 Å². The highest BCUT2D eigenvalue weighted by atomic mass is 16.5. The number of furan rings is 1. The number of anilines is 2. The van der Waals surface area contributed by atoms with E-state index < -0.39 is 6.17 Å². The molecule has 1 N–H and O–H groups in total. The SMILES string of the molecule is COc1ccc(N2C(=O)c3ccccc3NC2c2ccco2)cc1. The molecule has 1 amide bonds. The van der Waals surface area contributed by atoms with Crippen LogP contribution in [0.1, 0.15) is 22.3 Å². The Bertz CT molecular complexity index is 857. The van der Waals surface area contributed by atoms with E-state index in [1.54, 1.807) is 18.3 Å². The van der Waals surface area contributed by atoms with Crippen LogP contribution in [-0.2, 0) is 0 Å². The number of para-hydroxylation sites is 1. The third-order valence-corrected chi connectivity index (χ3v) is 4.09. The average Bonchev–Trinajstić information content (AvgIpc) is 3.16. The van der Waals surface area contributed by atoms with Crippen LogP contribution < -0.4 is 15.0 Å². The predicted molar refractivity (Wildman–Crippen MR) is 91.3 cm³/mol. The van der Waals surface area contributed by atoms with Crippen molar-refractivity contribution in [2.24, 2.45) is 0 Å². The zero-order chi connectivity index (χ0) is 16.5. The van der Waals surface area contributed by atoms with E-state index in [0.29, 0.717) is 11.3 Å². The van der Waals surface area contributed by atoms with Gasteiger partial charge in [-0.25, -0.2) is 0 Å². The van der Waals surface area contributed by atoms with Crippen LogP contribution in [0.25, 0.3) is 0 Å². The van der Waals surface area contributed by atoms with Crippen molar-refractivity contribution in [3.63, 3.8) is 0 Å². The van der Waals surface area contributed by atoms with Crippen molar-refractivity contribution in [2.45, 2.75) is 6.17 Å². The first-order valence-electron chi connectivity index (χ1n) is 7.64. The first-order chi connectivity index (χ1) is 11.8. The van der Waals surface area contributed by atoms with Crippen LogP contribution >= 0.6 is 0 Å². The molecule has 24 heavy (non-hydrogen) atoms. The third kappa shape index (κ3) is 2.31. The van der Waals surface area contributed by atoms with Crippen LogP contribution in [0.15, 0.2) is 71.3 Å². The summed E-state index contributed by atoms with van der Waals surface area (Å²) in [5.74, 6) is 1.34. The van der Waals surface area contributed by atoms with Gasteiger partial charge in [0.15, 0.2) is 6.17 Å². The Morgan fingerprint density at radius 2 is 1.83 bits per heavy atom. The number of hydrogen-bond donors (Lipinski definition) is 1. The Hall–Kier alpha value is -3.21. The summed E-state index contributed by atoms with van der Waals surface area (Å²) in [5, 5.41) is 3.39. The zero-order valence-corrected chi connectivity index (χ0v) is 13.1. The first kappa shape index (κ1) is 14.4. The summed E-state index contributed by atoms with van der Waals surface area (Å²) in [6, 6.07) is 18.5. The highest BCUT2D eigenvalue weighted by Gasteiger charge is 2.35. The van der Waals surface area contributed by atoms with E-state index in [9.17, 15) is 4.79 Å². The number of hydrogen-bond acceptors (Lipinski definition) is 4. The van der Waals surface area contributed by atoms with E-state index in [4.69, 9.17) is 9.15 Å². The van der Waals surface area contributed by atoms with Gasteiger partial charge in [0.05, 0.1) is 18.9 Å². The number of rotatable bonds is 3. The maximum Gasteiger partial charge on any atom is 0.262 e. The molecular formula is C19H16N2O3. The van der Waals surface area contributed by atoms with Crippen LogP contribution in [0.3, 0.4) is 0 Å². The fourth-order valence-corrected chi connectivity index (χ4v) is 2.91. The highest BCUT2D eigenvalue weighted by molar-refractivity contribution is 6.12. The summed E-state index contributed by atoms with van der Waals surface area (Å²) in [6.45, 7) is 0. The van der Waals surface area contributed by atoms with Crippen LogP contribution in [-0.4, -0.2) is 13.0 Å². The number of methoxy groups -OCH3 is 1. The second kappa shape index (κ2) is 5.77. The largest absolute Gasteiger partial charge is 0.497 e. The Balaban J connectivity index is 1.82. The van der Waals surface area contributed by atoms with Crippen LogP contribution in [0, 0.1) is 0 Å². The topological polar surface area (TPSA) is 54.7 Å². The quantitative estimate of drug-likeness (QED) is 0.791. The predicted octanol–water partition coefficient (Wildman–Crippen LogP) is 4.06. The van der Waals surface area contributed by atoms with Gasteiger partial charge in [0.25, 0.3) is 5.91 Å². The lowest BCUT2D eigenvalue weighted by molar-refractivity contribution is 0.0971. The Labute approximate surface area is 139 Å². The van der Waals surface area contributed by atoms with E-state index in [1.165, 1.54) is 0 Å². The maximum absolute atomic E-state index is 13.1. The fraction of sp³-hybridized carbons (Fsp3) is 0.105. The lowest BCUT2D eigenvalue weighted by atomic mass is 10.1. The second-order valence-electron chi connectivity index (χ2n) is 5.48. The zero-order valence-electron chi connectivity index (χ0n) is 13.1. The minimum absolute atomic E-state index is 0.0732. The van der Waals surface area contributed by atoms with Crippen molar-refractivity contribution in [2.75, 3.05) is 17.3 Å². The normalized spacial score (nSPS) is 16.5. The molecule has 1 aromatic heterocycles. The molecule has 3 aromatic rings. The minimum atomic E-state index is -0.407. The van der Waals surface area contributed by atoms with Crippen molar-refractivity contribution >= 4 is 17.3 Å². The standard InChI is InChI=1S/C19H16N2O3/c1-23-14-10-8-13(9-11-14)21-18(17-7-4-12-24-17)20-16-6-3-2-5-15(16)19(21)22/h2-12,18,20H,1H3. The molecule has 0 fully saturated rings. The molecule has 1 unspecified atom stereocenters. The summed E-state index contributed by atoms with van der Waals surface area (Å²) in [6.07, 6.45) is 1.20. The van der Waals surface area contributed by atoms with Gasteiger partial charge in [-0.05, 0) is 48.5 Å². The number of carbonyl (C=O) groups is 1. The van der Waals surface area contributed by atoms with Crippen LogP contribution in [0.4, 0.5) is 11.4 Å². The third-order valence-electron chi connectivity index (χ3n) is 4.09. The molecule has 0 bridgehead atoms. The van der Waals surface area contributed by atoms with Gasteiger partial charge in [0, 0.05) is 11.4 Å². The van der Waals surface area contributed by atoms with Gasteiger partial charge in [-0.15, -0.1) is 0 Å². The van der Waals surface area contributed by atoms with Crippen molar-refractivity contribution in [3.8, 4) is 5.75 Å². The molecular weight excluding hydrogens is 304 g/mol. The molecule has 1 atom stereocenters. The van der Waals surface area contributed by atoms with Gasteiger partial charge in [-0.1, -0.05) is 12.1 Å². The van der Waals surface area contributed by atoms with Gasteiger partial charge in [-0.3, -0.25) is 9.69 Å². The summed E-state index contributed by atoms with van der Waals surface area (Å²) in [5.41, 5.74) is 2.20. The van der Waals surface area contributed by atoms with Gasteiger partial charge in [0.2, 0.25) is 0 Å². The number of fused-ring (bicyclic) bond motifs is 1. The molecule has 0 aliphatic carbocycles. The van der Waals surface area contributed by atoms with Crippen molar-refractivity contribution in [1.29, 1.82) is 0 Å². The number of benzene rings is 2.